The van der Waals surface area contributed by atoms with E-state index in [1.165, 1.54) is 46.0 Å². The van der Waals surface area contributed by atoms with Crippen LogP contribution in [0.15, 0.2) is 47.4 Å². The summed E-state index contributed by atoms with van der Waals surface area (Å²) in [7, 11) is 0.279. The van der Waals surface area contributed by atoms with Crippen molar-refractivity contribution in [2.24, 2.45) is 0 Å². The summed E-state index contributed by atoms with van der Waals surface area (Å²) in [5.41, 5.74) is 0.595. The van der Waals surface area contributed by atoms with Crippen LogP contribution in [-0.2, 0) is 10.0 Å². The van der Waals surface area contributed by atoms with Crippen LogP contribution in [-0.4, -0.2) is 68.8 Å². The van der Waals surface area contributed by atoms with Crippen molar-refractivity contribution in [2.45, 2.75) is 38.0 Å². The molecule has 0 radical (unpaired) electrons. The lowest BCUT2D eigenvalue weighted by atomic mass is 10.2. The first kappa shape index (κ1) is 30.1. The standard InChI is InChI=1S/C25H33FN4O3S2.ClH/c1-5-15-29(16-6-2)35(32,33)20-13-11-19(12-14-20)24(31)30(18-8-17-28(3)4)25-27-23-21(26)9-7-10-22(23)34-25;/h7,9-14H,5-6,8,15-18H2,1-4H3;1H. The van der Waals surface area contributed by atoms with Crippen LogP contribution in [0.25, 0.3) is 10.2 Å². The average molecular weight is 557 g/mol. The minimum absolute atomic E-state index is 0. The van der Waals surface area contributed by atoms with Gasteiger partial charge in [-0.2, -0.15) is 4.31 Å². The van der Waals surface area contributed by atoms with Crippen molar-refractivity contribution in [3.05, 3.63) is 53.8 Å². The molecule has 11 heteroatoms. The Kier molecular flexibility index (Phi) is 11.2. The highest BCUT2D eigenvalue weighted by molar-refractivity contribution is 7.89. The molecule has 0 N–H and O–H groups in total. The van der Waals surface area contributed by atoms with Crippen molar-refractivity contribution < 1.29 is 17.6 Å². The molecular formula is C25H34ClFN4O3S2. The molecule has 1 aromatic heterocycles. The molecule has 36 heavy (non-hydrogen) atoms. The molecule has 0 fully saturated rings. The van der Waals surface area contributed by atoms with Crippen LogP contribution < -0.4 is 4.90 Å². The largest absolute Gasteiger partial charge is 0.309 e. The maximum absolute atomic E-state index is 14.2. The predicted molar refractivity (Wildman–Crippen MR) is 147 cm³/mol. The fraction of sp³-hybridized carbons (Fsp3) is 0.440. The van der Waals surface area contributed by atoms with Crippen molar-refractivity contribution in [1.29, 1.82) is 0 Å². The van der Waals surface area contributed by atoms with Gasteiger partial charge >= 0.3 is 0 Å². The Morgan fingerprint density at radius 1 is 0.972 bits per heavy atom. The first-order valence-electron chi connectivity index (χ1n) is 11.8. The molecule has 0 saturated heterocycles. The second-order valence-corrected chi connectivity index (χ2v) is 11.6. The molecule has 7 nitrogen and oxygen atoms in total. The van der Waals surface area contributed by atoms with Gasteiger partial charge in [0.15, 0.2) is 5.13 Å². The van der Waals surface area contributed by atoms with Crippen molar-refractivity contribution >= 4 is 55.0 Å². The van der Waals surface area contributed by atoms with Gasteiger partial charge in [0.2, 0.25) is 10.0 Å². The van der Waals surface area contributed by atoms with E-state index in [1.807, 2.05) is 32.8 Å². The number of halogens is 2. The fourth-order valence-corrected chi connectivity index (χ4v) is 6.40. The van der Waals surface area contributed by atoms with Crippen molar-refractivity contribution in [2.75, 3.05) is 45.2 Å². The number of hydrogen-bond donors (Lipinski definition) is 0. The van der Waals surface area contributed by atoms with Gasteiger partial charge in [-0.3, -0.25) is 9.69 Å². The molecule has 1 heterocycles. The van der Waals surface area contributed by atoms with Crippen LogP contribution in [0.3, 0.4) is 0 Å². The highest BCUT2D eigenvalue weighted by Gasteiger charge is 2.25. The van der Waals surface area contributed by atoms with Gasteiger partial charge in [0.1, 0.15) is 11.3 Å². The minimum atomic E-state index is -3.64. The zero-order chi connectivity index (χ0) is 25.6. The van der Waals surface area contributed by atoms with Crippen molar-refractivity contribution in [3.63, 3.8) is 0 Å². The third kappa shape index (κ3) is 7.01. The molecule has 1 amide bonds. The summed E-state index contributed by atoms with van der Waals surface area (Å²) < 4.78 is 42.5. The highest BCUT2D eigenvalue weighted by atomic mass is 35.5. The van der Waals surface area contributed by atoms with Crippen LogP contribution in [0.5, 0.6) is 0 Å². The van der Waals surface area contributed by atoms with E-state index in [1.54, 1.807) is 17.0 Å². The summed E-state index contributed by atoms with van der Waals surface area (Å²) in [5.74, 6) is -0.727. The molecule has 0 saturated carbocycles. The van der Waals surface area contributed by atoms with Gasteiger partial charge in [-0.05, 0) is 76.3 Å². The molecule has 0 spiro atoms. The number of benzene rings is 2. The second-order valence-electron chi connectivity index (χ2n) is 8.63. The first-order valence-corrected chi connectivity index (χ1v) is 14.1. The van der Waals surface area contributed by atoms with Gasteiger partial charge in [-0.1, -0.05) is 31.3 Å². The molecule has 3 rings (SSSR count). The lowest BCUT2D eigenvalue weighted by Gasteiger charge is -2.22. The van der Waals surface area contributed by atoms with Crippen molar-refractivity contribution in [1.82, 2.24) is 14.2 Å². The summed E-state index contributed by atoms with van der Waals surface area (Å²) >= 11 is 1.26. The molecule has 3 aromatic rings. The molecular weight excluding hydrogens is 523 g/mol. The van der Waals surface area contributed by atoms with Gasteiger partial charge in [0, 0.05) is 25.2 Å². The smallest absolute Gasteiger partial charge is 0.260 e. The molecule has 2 aromatic carbocycles. The molecule has 0 atom stereocenters. The number of sulfonamides is 1. The normalized spacial score (nSPS) is 11.8. The topological polar surface area (TPSA) is 73.8 Å². The van der Waals surface area contributed by atoms with Crippen molar-refractivity contribution in [3.8, 4) is 0 Å². The van der Waals surface area contributed by atoms with Crippen LogP contribution >= 0.6 is 23.7 Å². The molecule has 0 unspecified atom stereocenters. The Morgan fingerprint density at radius 3 is 2.17 bits per heavy atom. The van der Waals surface area contributed by atoms with E-state index in [0.717, 1.165) is 19.4 Å². The summed E-state index contributed by atoms with van der Waals surface area (Å²) in [6, 6.07) is 10.8. The number of amides is 1. The number of carbonyl (C=O) groups is 1. The Labute approximate surface area is 223 Å². The fourth-order valence-electron chi connectivity index (χ4n) is 3.77. The summed E-state index contributed by atoms with van der Waals surface area (Å²) in [6.45, 7) is 5.96. The monoisotopic (exact) mass is 556 g/mol. The maximum Gasteiger partial charge on any atom is 0.260 e. The first-order chi connectivity index (χ1) is 16.7. The Balaban J connectivity index is 0.00000456. The van der Waals surface area contributed by atoms with Crippen LogP contribution in [0.4, 0.5) is 9.52 Å². The molecule has 0 aliphatic carbocycles. The number of carbonyl (C=O) groups excluding carboxylic acids is 1. The number of anilines is 1. The van der Waals surface area contributed by atoms with Gasteiger partial charge in [-0.15, -0.1) is 12.4 Å². The van der Waals surface area contributed by atoms with E-state index in [9.17, 15) is 17.6 Å². The Morgan fingerprint density at radius 2 is 1.61 bits per heavy atom. The minimum Gasteiger partial charge on any atom is -0.309 e. The second kappa shape index (κ2) is 13.4. The number of fused-ring (bicyclic) bond motifs is 1. The third-order valence-electron chi connectivity index (χ3n) is 5.51. The Bertz CT molecular complexity index is 1240. The number of thiazole rings is 1. The number of hydrogen-bond acceptors (Lipinski definition) is 6. The van der Waals surface area contributed by atoms with E-state index >= 15 is 0 Å². The van der Waals surface area contributed by atoms with Gasteiger partial charge in [0.05, 0.1) is 9.60 Å². The number of rotatable bonds is 12. The molecule has 0 aliphatic heterocycles. The molecule has 198 valence electrons. The summed E-state index contributed by atoms with van der Waals surface area (Å²) in [5, 5.41) is 0.419. The SMILES string of the molecule is CCCN(CCC)S(=O)(=O)c1ccc(C(=O)N(CCCN(C)C)c2nc3c(F)cccc3s2)cc1.Cl. The Hall–Kier alpha value is -2.11. The molecule has 0 aliphatic rings. The maximum atomic E-state index is 14.2. The zero-order valence-electron chi connectivity index (χ0n) is 21.1. The summed E-state index contributed by atoms with van der Waals surface area (Å²) in [4.78, 5) is 21.7. The van der Waals surface area contributed by atoms with Gasteiger partial charge in [0.25, 0.3) is 5.91 Å². The van der Waals surface area contributed by atoms with Gasteiger partial charge < -0.3 is 4.90 Å². The van der Waals surface area contributed by atoms with E-state index < -0.39 is 15.8 Å². The van der Waals surface area contributed by atoms with Crippen LogP contribution in [0.2, 0.25) is 0 Å². The quantitative estimate of drug-likeness (QED) is 0.304. The van der Waals surface area contributed by atoms with Crippen LogP contribution in [0.1, 0.15) is 43.5 Å². The average Bonchev–Trinajstić information content (AvgIpc) is 3.26. The van der Waals surface area contributed by atoms with Gasteiger partial charge in [-0.25, -0.2) is 17.8 Å². The number of nitrogens with zero attached hydrogens (tertiary/aromatic N) is 4. The molecule has 0 bridgehead atoms. The number of aromatic nitrogens is 1. The van der Waals surface area contributed by atoms with E-state index in [-0.39, 0.29) is 28.7 Å². The van der Waals surface area contributed by atoms with E-state index in [4.69, 9.17) is 0 Å². The summed E-state index contributed by atoms with van der Waals surface area (Å²) in [6.07, 6.45) is 2.15. The number of para-hydroxylation sites is 1. The third-order valence-corrected chi connectivity index (χ3v) is 8.46. The lowest BCUT2D eigenvalue weighted by molar-refractivity contribution is 0.0986. The highest BCUT2D eigenvalue weighted by Crippen LogP contribution is 2.31. The lowest BCUT2D eigenvalue weighted by Crippen LogP contribution is -2.34. The van der Waals surface area contributed by atoms with E-state index in [2.05, 4.69) is 4.98 Å². The zero-order valence-corrected chi connectivity index (χ0v) is 23.6. The van der Waals surface area contributed by atoms with Crippen LogP contribution in [0, 0.1) is 5.82 Å². The predicted octanol–water partition coefficient (Wildman–Crippen LogP) is 5.27. The van der Waals surface area contributed by atoms with E-state index in [0.29, 0.717) is 41.5 Å².